The lowest BCUT2D eigenvalue weighted by Crippen LogP contribution is -2.24. The van der Waals surface area contributed by atoms with Gasteiger partial charge >= 0.3 is 0 Å². The Balaban J connectivity index is 2.73. The molecule has 0 bridgehead atoms. The van der Waals surface area contributed by atoms with E-state index in [2.05, 4.69) is 36.3 Å². The highest BCUT2D eigenvalue weighted by atomic mass is 32.2. The predicted octanol–water partition coefficient (Wildman–Crippen LogP) is 3.89. The zero-order valence-corrected chi connectivity index (χ0v) is 10.8. The molecule has 3 heteroatoms. The Morgan fingerprint density at radius 3 is 2.12 bits per heavy atom. The van der Waals surface area contributed by atoms with Crippen molar-refractivity contribution in [2.24, 2.45) is 0 Å². The fourth-order valence-corrected chi connectivity index (χ4v) is 2.07. The van der Waals surface area contributed by atoms with Gasteiger partial charge in [-0.1, -0.05) is 13.8 Å². The van der Waals surface area contributed by atoms with Gasteiger partial charge in [-0.15, -0.1) is 0 Å². The van der Waals surface area contributed by atoms with Crippen molar-refractivity contribution >= 4 is 17.4 Å². The van der Waals surface area contributed by atoms with E-state index in [0.717, 1.165) is 30.8 Å². The lowest BCUT2D eigenvalue weighted by molar-refractivity contribution is 0.744. The standard InChI is InChI=1S/C13H18N2S/c1-3-9-15(10-4-2)12-5-7-13(8-6-12)16-11-14/h5-8H,3-4,9-10H2,1-2H3. The van der Waals surface area contributed by atoms with Gasteiger partial charge in [0.1, 0.15) is 5.40 Å². The number of hydrogen-bond donors (Lipinski definition) is 0. The summed E-state index contributed by atoms with van der Waals surface area (Å²) < 4.78 is 0. The van der Waals surface area contributed by atoms with Crippen molar-refractivity contribution in [2.75, 3.05) is 18.0 Å². The largest absolute Gasteiger partial charge is 0.372 e. The lowest BCUT2D eigenvalue weighted by Gasteiger charge is -2.23. The first kappa shape index (κ1) is 12.9. The van der Waals surface area contributed by atoms with Gasteiger partial charge in [-0.05, 0) is 48.9 Å². The van der Waals surface area contributed by atoms with E-state index in [1.54, 1.807) is 0 Å². The highest BCUT2D eigenvalue weighted by Gasteiger charge is 2.03. The quantitative estimate of drug-likeness (QED) is 0.552. The number of rotatable bonds is 6. The molecule has 0 atom stereocenters. The molecule has 0 unspecified atom stereocenters. The van der Waals surface area contributed by atoms with Gasteiger partial charge in [-0.2, -0.15) is 5.26 Å². The van der Waals surface area contributed by atoms with Crippen LogP contribution >= 0.6 is 11.8 Å². The molecule has 1 rings (SSSR count). The van der Waals surface area contributed by atoms with E-state index in [4.69, 9.17) is 5.26 Å². The SMILES string of the molecule is CCCN(CCC)c1ccc(SC#N)cc1. The number of hydrogen-bond acceptors (Lipinski definition) is 3. The third kappa shape index (κ3) is 3.79. The Bertz CT molecular complexity index is 334. The number of nitrogens with zero attached hydrogens (tertiary/aromatic N) is 2. The smallest absolute Gasteiger partial charge is 0.138 e. The van der Waals surface area contributed by atoms with Crippen LogP contribution in [0.4, 0.5) is 5.69 Å². The Hall–Kier alpha value is -1.14. The maximum atomic E-state index is 8.57. The van der Waals surface area contributed by atoms with Crippen LogP contribution in [0.5, 0.6) is 0 Å². The summed E-state index contributed by atoms with van der Waals surface area (Å²) >= 11 is 1.21. The van der Waals surface area contributed by atoms with Gasteiger partial charge in [0.15, 0.2) is 0 Å². The molecule has 0 spiro atoms. The van der Waals surface area contributed by atoms with E-state index in [1.165, 1.54) is 17.4 Å². The van der Waals surface area contributed by atoms with Gasteiger partial charge in [0.05, 0.1) is 0 Å². The summed E-state index contributed by atoms with van der Waals surface area (Å²) in [6, 6.07) is 8.24. The zero-order chi connectivity index (χ0) is 11.8. The van der Waals surface area contributed by atoms with Crippen molar-refractivity contribution in [2.45, 2.75) is 31.6 Å². The summed E-state index contributed by atoms with van der Waals surface area (Å²) in [5.41, 5.74) is 1.26. The van der Waals surface area contributed by atoms with Gasteiger partial charge in [0.2, 0.25) is 0 Å². The van der Waals surface area contributed by atoms with Crippen LogP contribution in [0.2, 0.25) is 0 Å². The van der Waals surface area contributed by atoms with E-state index in [0.29, 0.717) is 0 Å². The molecule has 0 saturated heterocycles. The van der Waals surface area contributed by atoms with E-state index < -0.39 is 0 Å². The first-order valence-corrected chi connectivity index (χ1v) is 6.54. The van der Waals surface area contributed by atoms with E-state index in [9.17, 15) is 0 Å². The van der Waals surface area contributed by atoms with Gasteiger partial charge < -0.3 is 4.90 Å². The van der Waals surface area contributed by atoms with Crippen LogP contribution in [0.1, 0.15) is 26.7 Å². The average Bonchev–Trinajstić information content (AvgIpc) is 2.30. The molecule has 0 aliphatic heterocycles. The second-order valence-electron chi connectivity index (χ2n) is 3.67. The molecule has 86 valence electrons. The number of anilines is 1. The fourth-order valence-electron chi connectivity index (χ4n) is 1.69. The van der Waals surface area contributed by atoms with Crippen molar-refractivity contribution in [1.29, 1.82) is 5.26 Å². The molecule has 2 nitrogen and oxygen atoms in total. The van der Waals surface area contributed by atoms with Crippen LogP contribution in [0.3, 0.4) is 0 Å². The Morgan fingerprint density at radius 2 is 1.69 bits per heavy atom. The summed E-state index contributed by atoms with van der Waals surface area (Å²) in [5.74, 6) is 0. The maximum absolute atomic E-state index is 8.57. The number of thiocyanates is 1. The van der Waals surface area contributed by atoms with Crippen molar-refractivity contribution in [1.82, 2.24) is 0 Å². The minimum atomic E-state index is 1.01. The summed E-state index contributed by atoms with van der Waals surface area (Å²) in [7, 11) is 0. The summed E-state index contributed by atoms with van der Waals surface area (Å²) in [6.45, 7) is 6.59. The van der Waals surface area contributed by atoms with Crippen molar-refractivity contribution in [3.63, 3.8) is 0 Å². The first-order valence-electron chi connectivity index (χ1n) is 5.72. The van der Waals surface area contributed by atoms with Crippen LogP contribution in [-0.2, 0) is 0 Å². The van der Waals surface area contributed by atoms with Crippen molar-refractivity contribution < 1.29 is 0 Å². The summed E-state index contributed by atoms with van der Waals surface area (Å²) in [6.07, 6.45) is 2.32. The molecule has 0 saturated carbocycles. The normalized spacial score (nSPS) is 9.81. The average molecular weight is 234 g/mol. The van der Waals surface area contributed by atoms with Crippen LogP contribution in [0.15, 0.2) is 29.2 Å². The lowest BCUT2D eigenvalue weighted by atomic mass is 10.2. The molecule has 0 radical (unpaired) electrons. The zero-order valence-electron chi connectivity index (χ0n) is 9.94. The molecule has 1 aromatic carbocycles. The Morgan fingerprint density at radius 1 is 1.12 bits per heavy atom. The second kappa shape index (κ2) is 7.19. The molecule has 0 aliphatic rings. The third-order valence-corrected chi connectivity index (χ3v) is 2.95. The minimum absolute atomic E-state index is 1.01. The van der Waals surface area contributed by atoms with Crippen LogP contribution in [0.25, 0.3) is 0 Å². The van der Waals surface area contributed by atoms with Crippen molar-refractivity contribution in [3.05, 3.63) is 24.3 Å². The van der Waals surface area contributed by atoms with E-state index in [-0.39, 0.29) is 0 Å². The van der Waals surface area contributed by atoms with Crippen LogP contribution < -0.4 is 4.90 Å². The molecule has 0 heterocycles. The fraction of sp³-hybridized carbons (Fsp3) is 0.462. The highest BCUT2D eigenvalue weighted by Crippen LogP contribution is 2.21. The molecule has 0 N–H and O–H groups in total. The summed E-state index contributed by atoms with van der Waals surface area (Å²) in [4.78, 5) is 3.40. The molecule has 1 aromatic rings. The molecular formula is C13H18N2S. The topological polar surface area (TPSA) is 27.0 Å². The molecule has 0 aromatic heterocycles. The number of benzene rings is 1. The molecule has 0 aliphatic carbocycles. The van der Waals surface area contributed by atoms with Gasteiger partial charge in [-0.25, -0.2) is 0 Å². The molecule has 0 amide bonds. The Labute approximate surface area is 102 Å². The third-order valence-electron chi connectivity index (χ3n) is 2.35. The molecule has 16 heavy (non-hydrogen) atoms. The number of nitriles is 1. The number of thioether (sulfide) groups is 1. The monoisotopic (exact) mass is 234 g/mol. The minimum Gasteiger partial charge on any atom is -0.372 e. The molecular weight excluding hydrogens is 216 g/mol. The van der Waals surface area contributed by atoms with E-state index >= 15 is 0 Å². The van der Waals surface area contributed by atoms with Crippen LogP contribution in [-0.4, -0.2) is 13.1 Å². The Kier molecular flexibility index (Phi) is 5.81. The maximum Gasteiger partial charge on any atom is 0.138 e. The highest BCUT2D eigenvalue weighted by molar-refractivity contribution is 8.03. The summed E-state index contributed by atoms with van der Waals surface area (Å²) in [5, 5.41) is 10.7. The predicted molar refractivity (Wildman–Crippen MR) is 70.7 cm³/mol. The van der Waals surface area contributed by atoms with Gasteiger partial charge in [0, 0.05) is 23.7 Å². The molecule has 0 fully saturated rings. The van der Waals surface area contributed by atoms with Gasteiger partial charge in [-0.3, -0.25) is 0 Å². The van der Waals surface area contributed by atoms with Crippen LogP contribution in [0, 0.1) is 10.7 Å². The van der Waals surface area contributed by atoms with Gasteiger partial charge in [0.25, 0.3) is 0 Å². The first-order chi connectivity index (χ1) is 7.81. The second-order valence-corrected chi connectivity index (χ2v) is 4.53. The van der Waals surface area contributed by atoms with Crippen molar-refractivity contribution in [3.8, 4) is 5.40 Å². The van der Waals surface area contributed by atoms with E-state index in [1.807, 2.05) is 12.1 Å².